The molecule has 0 aliphatic carbocycles. The van der Waals surface area contributed by atoms with Crippen LogP contribution in [-0.2, 0) is 30.3 Å². The number of esters is 1. The summed E-state index contributed by atoms with van der Waals surface area (Å²) in [7, 11) is 1.16. The minimum atomic E-state index is -1.44. The van der Waals surface area contributed by atoms with Gasteiger partial charge in [-0.05, 0) is 38.5 Å². The second kappa shape index (κ2) is 14.2. The van der Waals surface area contributed by atoms with E-state index >= 15 is 0 Å². The lowest BCUT2D eigenvalue weighted by Gasteiger charge is -2.22. The van der Waals surface area contributed by atoms with Crippen LogP contribution >= 0.6 is 0 Å². The van der Waals surface area contributed by atoms with E-state index in [-0.39, 0.29) is 17.9 Å². The van der Waals surface area contributed by atoms with E-state index < -0.39 is 60.6 Å². The van der Waals surface area contributed by atoms with Crippen LogP contribution in [0.5, 0.6) is 5.75 Å². The summed E-state index contributed by atoms with van der Waals surface area (Å²) in [6.45, 7) is 3.65. The van der Waals surface area contributed by atoms with E-state index in [1.807, 2.05) is 0 Å². The summed E-state index contributed by atoms with van der Waals surface area (Å²) in [6.07, 6.45) is -2.59. The topological polar surface area (TPSA) is 179 Å². The van der Waals surface area contributed by atoms with Crippen LogP contribution in [0.3, 0.4) is 0 Å². The van der Waals surface area contributed by atoms with Crippen molar-refractivity contribution in [1.29, 1.82) is 0 Å². The molecular weight excluding hydrogens is 514 g/mol. The lowest BCUT2D eigenvalue weighted by molar-refractivity contribution is -0.144. The van der Waals surface area contributed by atoms with Crippen LogP contribution in [0.2, 0.25) is 0 Å². The Morgan fingerprint density at radius 2 is 1.62 bits per heavy atom. The number of methoxy groups -OCH3 is 1. The van der Waals surface area contributed by atoms with E-state index in [9.17, 15) is 29.1 Å². The van der Waals surface area contributed by atoms with Gasteiger partial charge in [0, 0.05) is 11.8 Å². The van der Waals surface area contributed by atoms with Crippen molar-refractivity contribution in [2.24, 2.45) is 0 Å². The van der Waals surface area contributed by atoms with Crippen LogP contribution in [0.25, 0.3) is 0 Å². The fourth-order valence-electron chi connectivity index (χ4n) is 2.93. The van der Waals surface area contributed by atoms with Gasteiger partial charge in [0.15, 0.2) is 6.61 Å². The first-order chi connectivity index (χ1) is 18.4. The summed E-state index contributed by atoms with van der Waals surface area (Å²) in [5.74, 6) is -2.30. The van der Waals surface area contributed by atoms with Gasteiger partial charge in [0.25, 0.3) is 0 Å². The van der Waals surface area contributed by atoms with Crippen LogP contribution in [-0.4, -0.2) is 67.0 Å². The van der Waals surface area contributed by atoms with Gasteiger partial charge in [-0.3, -0.25) is 10.1 Å². The van der Waals surface area contributed by atoms with Gasteiger partial charge in [0.2, 0.25) is 5.78 Å². The molecule has 13 nitrogen and oxygen atoms in total. The van der Waals surface area contributed by atoms with Crippen LogP contribution in [0.15, 0.2) is 48.5 Å². The fraction of sp³-hybridized carbons (Fsp3) is 0.346. The Bertz CT molecular complexity index is 1180. The van der Waals surface area contributed by atoms with Crippen molar-refractivity contribution in [3.8, 4) is 5.75 Å². The van der Waals surface area contributed by atoms with Gasteiger partial charge < -0.3 is 34.7 Å². The number of ether oxygens (including phenoxy) is 4. The second-order valence-electron chi connectivity index (χ2n) is 9.02. The third kappa shape index (κ3) is 11.0. The molecule has 0 aliphatic rings. The molecule has 2 aromatic carbocycles. The molecule has 0 spiro atoms. The number of amides is 3. The SMILES string of the molecule is COC(=O)Nc1ccc(C(=O)COC(=O)[C@H](CNC(=O)OC(C)(C)C)NC(=O)OCc2ccccc2)c(O)c1. The van der Waals surface area contributed by atoms with Crippen molar-refractivity contribution in [1.82, 2.24) is 10.6 Å². The van der Waals surface area contributed by atoms with Gasteiger partial charge in [-0.2, -0.15) is 0 Å². The summed E-state index contributed by atoms with van der Waals surface area (Å²) in [4.78, 5) is 60.9. The van der Waals surface area contributed by atoms with Crippen LogP contribution in [0, 0.1) is 0 Å². The number of carbonyl (C=O) groups is 5. The zero-order chi connectivity index (χ0) is 29.0. The molecule has 2 rings (SSSR count). The average molecular weight is 546 g/mol. The number of nitrogens with one attached hydrogen (secondary N) is 3. The highest BCUT2D eigenvalue weighted by atomic mass is 16.6. The lowest BCUT2D eigenvalue weighted by Crippen LogP contribution is -2.50. The van der Waals surface area contributed by atoms with Crippen LogP contribution in [0.1, 0.15) is 36.7 Å². The monoisotopic (exact) mass is 545 g/mol. The van der Waals surface area contributed by atoms with E-state index in [2.05, 4.69) is 20.7 Å². The summed E-state index contributed by atoms with van der Waals surface area (Å²) in [5.41, 5.74) is -0.119. The number of hydrogen-bond donors (Lipinski definition) is 4. The molecular formula is C26H31N3O10. The molecule has 210 valence electrons. The Hall–Kier alpha value is -4.81. The highest BCUT2D eigenvalue weighted by molar-refractivity contribution is 6.01. The number of alkyl carbamates (subject to hydrolysis) is 2. The molecule has 0 aromatic heterocycles. The second-order valence-corrected chi connectivity index (χ2v) is 9.02. The number of carbonyl (C=O) groups excluding carboxylic acids is 5. The molecule has 1 atom stereocenters. The van der Waals surface area contributed by atoms with Crippen molar-refractivity contribution >= 4 is 35.7 Å². The summed E-state index contributed by atoms with van der Waals surface area (Å²) >= 11 is 0. The van der Waals surface area contributed by atoms with Gasteiger partial charge in [-0.15, -0.1) is 0 Å². The average Bonchev–Trinajstić information content (AvgIpc) is 2.87. The van der Waals surface area contributed by atoms with Crippen molar-refractivity contribution < 1.29 is 48.0 Å². The maximum absolute atomic E-state index is 12.7. The van der Waals surface area contributed by atoms with E-state index in [4.69, 9.17) is 14.2 Å². The Labute approximate surface area is 224 Å². The number of ketones is 1. The first kappa shape index (κ1) is 30.4. The number of Topliss-reactive ketones (excluding diaryl/α,β-unsaturated/α-hetero) is 1. The Morgan fingerprint density at radius 1 is 0.923 bits per heavy atom. The molecule has 0 aliphatic heterocycles. The molecule has 0 fully saturated rings. The Morgan fingerprint density at radius 3 is 2.23 bits per heavy atom. The maximum Gasteiger partial charge on any atom is 0.411 e. The number of hydrogen-bond acceptors (Lipinski definition) is 10. The number of phenolic OH excluding ortho intramolecular Hbond substituents is 1. The lowest BCUT2D eigenvalue weighted by atomic mass is 10.1. The minimum absolute atomic E-state index is 0.0769. The van der Waals surface area contributed by atoms with Gasteiger partial charge in [0.05, 0.1) is 19.2 Å². The quantitative estimate of drug-likeness (QED) is 0.197. The van der Waals surface area contributed by atoms with Crippen molar-refractivity contribution in [2.45, 2.75) is 39.0 Å². The molecule has 2 aromatic rings. The third-order valence-corrected chi connectivity index (χ3v) is 4.71. The smallest absolute Gasteiger partial charge is 0.411 e. The van der Waals surface area contributed by atoms with Crippen molar-refractivity contribution in [3.05, 3.63) is 59.7 Å². The minimum Gasteiger partial charge on any atom is -0.507 e. The van der Waals surface area contributed by atoms with Gasteiger partial charge >= 0.3 is 24.2 Å². The summed E-state index contributed by atoms with van der Waals surface area (Å²) < 4.78 is 19.7. The maximum atomic E-state index is 12.7. The standard InChI is InChI=1S/C26H31N3O10/c1-26(2,3)39-23(33)27-13-19(29-25(35)38-14-16-8-6-5-7-9-16)22(32)37-15-21(31)18-11-10-17(12-20(18)30)28-24(34)36-4/h5-12,19,30H,13-15H2,1-4H3,(H,27,33)(H,28,34)(H,29,35)/t19-/m0/s1. The predicted octanol–water partition coefficient (Wildman–Crippen LogP) is 3.12. The normalized spacial score (nSPS) is 11.4. The Kier molecular flexibility index (Phi) is 11.1. The predicted molar refractivity (Wildman–Crippen MR) is 137 cm³/mol. The van der Waals surface area contributed by atoms with Gasteiger partial charge in [-0.1, -0.05) is 30.3 Å². The summed E-state index contributed by atoms with van der Waals surface area (Å²) in [6, 6.07) is 11.0. The van der Waals surface area contributed by atoms with Crippen molar-refractivity contribution in [3.63, 3.8) is 0 Å². The van der Waals surface area contributed by atoms with Crippen LogP contribution in [0.4, 0.5) is 20.1 Å². The van der Waals surface area contributed by atoms with E-state index in [1.54, 1.807) is 51.1 Å². The number of rotatable bonds is 10. The molecule has 0 unspecified atom stereocenters. The molecule has 3 amide bonds. The van der Waals surface area contributed by atoms with E-state index in [0.717, 1.165) is 13.2 Å². The molecule has 0 heterocycles. The van der Waals surface area contributed by atoms with E-state index in [1.165, 1.54) is 12.1 Å². The fourth-order valence-corrected chi connectivity index (χ4v) is 2.93. The van der Waals surface area contributed by atoms with Gasteiger partial charge in [-0.25, -0.2) is 19.2 Å². The van der Waals surface area contributed by atoms with Crippen LogP contribution < -0.4 is 16.0 Å². The van der Waals surface area contributed by atoms with Crippen molar-refractivity contribution in [2.75, 3.05) is 25.6 Å². The molecule has 0 saturated carbocycles. The first-order valence-electron chi connectivity index (χ1n) is 11.7. The zero-order valence-corrected chi connectivity index (χ0v) is 21.9. The summed E-state index contributed by atoms with van der Waals surface area (Å²) in [5, 5.41) is 17.1. The molecule has 39 heavy (non-hydrogen) atoms. The number of benzene rings is 2. The third-order valence-electron chi connectivity index (χ3n) is 4.71. The molecule has 13 heteroatoms. The largest absolute Gasteiger partial charge is 0.507 e. The highest BCUT2D eigenvalue weighted by Crippen LogP contribution is 2.22. The molecule has 0 bridgehead atoms. The highest BCUT2D eigenvalue weighted by Gasteiger charge is 2.26. The number of phenols is 1. The molecule has 0 radical (unpaired) electrons. The van der Waals surface area contributed by atoms with E-state index in [0.29, 0.717) is 5.56 Å². The molecule has 0 saturated heterocycles. The first-order valence-corrected chi connectivity index (χ1v) is 11.7. The Balaban J connectivity index is 2.02. The van der Waals surface area contributed by atoms with Gasteiger partial charge in [0.1, 0.15) is 24.0 Å². The number of anilines is 1. The molecule has 4 N–H and O–H groups in total. The number of aromatic hydroxyl groups is 1. The zero-order valence-electron chi connectivity index (χ0n) is 21.9.